The molecule has 0 spiro atoms. The molecule has 0 amide bonds. The molecule has 4 rings (SSSR count). The number of fused-ring (bicyclic) bond motifs is 1. The maximum atomic E-state index is 12.3. The molecule has 1 N–H and O–H groups in total. The summed E-state index contributed by atoms with van der Waals surface area (Å²) in [6.07, 6.45) is 3.51. The number of nitrogens with one attached hydrogen (secondary N) is 1. The van der Waals surface area contributed by atoms with Gasteiger partial charge < -0.3 is 10.1 Å². The molecule has 0 saturated carbocycles. The van der Waals surface area contributed by atoms with E-state index in [2.05, 4.69) is 20.1 Å². The topological polar surface area (TPSA) is 52.0 Å². The number of anilines is 1. The van der Waals surface area contributed by atoms with Gasteiger partial charge in [-0.2, -0.15) is 18.9 Å². The van der Waals surface area contributed by atoms with Crippen molar-refractivity contribution < 1.29 is 13.5 Å². The summed E-state index contributed by atoms with van der Waals surface area (Å²) < 4.78 is 30.8. The first kappa shape index (κ1) is 15.3. The number of hydrogen-bond acceptors (Lipinski definition) is 4. The van der Waals surface area contributed by atoms with Gasteiger partial charge in [0.2, 0.25) is 5.95 Å². The predicted molar refractivity (Wildman–Crippen MR) is 89.3 cm³/mol. The van der Waals surface area contributed by atoms with E-state index in [-0.39, 0.29) is 11.8 Å². The lowest BCUT2D eigenvalue weighted by Gasteiger charge is -2.24. The molecule has 5 nitrogen and oxygen atoms in total. The molecule has 7 heteroatoms. The van der Waals surface area contributed by atoms with E-state index in [0.29, 0.717) is 5.95 Å². The van der Waals surface area contributed by atoms with Crippen LogP contribution in [0.5, 0.6) is 5.75 Å². The number of alkyl halides is 2. The fourth-order valence-corrected chi connectivity index (χ4v) is 2.80. The van der Waals surface area contributed by atoms with Crippen molar-refractivity contribution >= 4 is 11.6 Å². The average Bonchev–Trinajstić information content (AvgIpc) is 3.10. The highest BCUT2D eigenvalue weighted by Gasteiger charge is 2.23. The van der Waals surface area contributed by atoms with E-state index in [1.54, 1.807) is 16.8 Å². The van der Waals surface area contributed by atoms with Gasteiger partial charge in [0.05, 0.1) is 0 Å². The highest BCUT2D eigenvalue weighted by molar-refractivity contribution is 5.77. The fraction of sp³-hybridized carbons (Fsp3) is 0.111. The first-order valence-corrected chi connectivity index (χ1v) is 7.69. The second kappa shape index (κ2) is 6.35. The molecule has 0 saturated heterocycles. The summed E-state index contributed by atoms with van der Waals surface area (Å²) in [7, 11) is 0. The van der Waals surface area contributed by atoms with Crippen LogP contribution in [0.25, 0.3) is 5.70 Å². The van der Waals surface area contributed by atoms with Gasteiger partial charge >= 0.3 is 6.61 Å². The summed E-state index contributed by atoms with van der Waals surface area (Å²) in [6.45, 7) is -2.84. The third-order valence-electron chi connectivity index (χ3n) is 3.94. The minimum absolute atomic E-state index is 0.124. The molecule has 0 bridgehead atoms. The Morgan fingerprint density at radius 2 is 1.80 bits per heavy atom. The van der Waals surface area contributed by atoms with Crippen molar-refractivity contribution in [2.75, 3.05) is 5.32 Å². The van der Waals surface area contributed by atoms with Crippen LogP contribution in [0.4, 0.5) is 14.7 Å². The number of hydrogen-bond donors (Lipinski definition) is 1. The molecular weight excluding hydrogens is 326 g/mol. The van der Waals surface area contributed by atoms with Crippen LogP contribution in [0.15, 0.2) is 67.0 Å². The Labute approximate surface area is 142 Å². The fourth-order valence-electron chi connectivity index (χ4n) is 2.80. The monoisotopic (exact) mass is 340 g/mol. The van der Waals surface area contributed by atoms with Gasteiger partial charge in [-0.15, -0.1) is 0 Å². The van der Waals surface area contributed by atoms with E-state index in [0.717, 1.165) is 16.8 Å². The third-order valence-corrected chi connectivity index (χ3v) is 3.94. The minimum Gasteiger partial charge on any atom is -0.435 e. The molecule has 0 radical (unpaired) electrons. The summed E-state index contributed by atoms with van der Waals surface area (Å²) in [5, 5.41) is 7.52. The highest BCUT2D eigenvalue weighted by atomic mass is 19.3. The van der Waals surface area contributed by atoms with E-state index in [9.17, 15) is 8.78 Å². The lowest BCUT2D eigenvalue weighted by atomic mass is 10.0. The molecule has 3 aromatic rings. The van der Waals surface area contributed by atoms with Gasteiger partial charge in [0.1, 0.15) is 18.1 Å². The Hall–Kier alpha value is -3.22. The zero-order chi connectivity index (χ0) is 17.2. The van der Waals surface area contributed by atoms with Crippen LogP contribution in [-0.2, 0) is 0 Å². The molecule has 0 aliphatic carbocycles. The van der Waals surface area contributed by atoms with Crippen molar-refractivity contribution in [1.82, 2.24) is 14.8 Å². The zero-order valence-electron chi connectivity index (χ0n) is 13.0. The molecule has 126 valence electrons. The maximum Gasteiger partial charge on any atom is 0.387 e. The van der Waals surface area contributed by atoms with Crippen LogP contribution in [0.1, 0.15) is 17.2 Å². The summed E-state index contributed by atoms with van der Waals surface area (Å²) in [6, 6.07) is 16.2. The quantitative estimate of drug-likeness (QED) is 0.782. The lowest BCUT2D eigenvalue weighted by molar-refractivity contribution is -0.0498. The van der Waals surface area contributed by atoms with Crippen molar-refractivity contribution in [3.8, 4) is 5.75 Å². The van der Waals surface area contributed by atoms with Crippen LogP contribution >= 0.6 is 0 Å². The molecule has 25 heavy (non-hydrogen) atoms. The van der Waals surface area contributed by atoms with Crippen LogP contribution in [0.2, 0.25) is 0 Å². The van der Waals surface area contributed by atoms with Gasteiger partial charge in [-0.25, -0.2) is 4.68 Å². The Balaban J connectivity index is 1.71. The smallest absolute Gasteiger partial charge is 0.387 e. The molecular formula is C18H14F2N4O. The summed E-state index contributed by atoms with van der Waals surface area (Å²) in [5.41, 5.74) is 2.83. The Morgan fingerprint density at radius 1 is 1.04 bits per heavy atom. The maximum absolute atomic E-state index is 12.3. The van der Waals surface area contributed by atoms with Crippen LogP contribution < -0.4 is 10.1 Å². The van der Waals surface area contributed by atoms with E-state index in [4.69, 9.17) is 0 Å². The standard InChI is InChI=1S/C18H14F2N4O/c19-17(20)25-14-8-6-13(7-9-14)16-10-15(12-4-2-1-3-5-12)23-18-21-11-22-24(16)18/h1-11,16-17H,(H,21,22,23). The largest absolute Gasteiger partial charge is 0.435 e. The second-order valence-electron chi connectivity index (χ2n) is 5.49. The molecule has 0 fully saturated rings. The van der Waals surface area contributed by atoms with E-state index >= 15 is 0 Å². The van der Waals surface area contributed by atoms with E-state index in [1.807, 2.05) is 36.4 Å². The molecule has 1 unspecified atom stereocenters. The number of ether oxygens (including phenoxy) is 1. The highest BCUT2D eigenvalue weighted by Crippen LogP contribution is 2.32. The van der Waals surface area contributed by atoms with Crippen molar-refractivity contribution in [3.05, 3.63) is 78.1 Å². The third kappa shape index (κ3) is 3.08. The Morgan fingerprint density at radius 3 is 2.52 bits per heavy atom. The predicted octanol–water partition coefficient (Wildman–Crippen LogP) is 3.94. The van der Waals surface area contributed by atoms with Gasteiger partial charge in [0.25, 0.3) is 0 Å². The first-order valence-electron chi connectivity index (χ1n) is 7.69. The lowest BCUT2D eigenvalue weighted by Crippen LogP contribution is -2.20. The molecule has 2 heterocycles. The minimum atomic E-state index is -2.84. The summed E-state index contributed by atoms with van der Waals surface area (Å²) in [4.78, 5) is 4.24. The van der Waals surface area contributed by atoms with Crippen LogP contribution in [-0.4, -0.2) is 21.4 Å². The van der Waals surface area contributed by atoms with Gasteiger partial charge in [-0.3, -0.25) is 0 Å². The molecule has 1 aromatic heterocycles. The normalized spacial score (nSPS) is 16.1. The van der Waals surface area contributed by atoms with Crippen LogP contribution in [0, 0.1) is 0 Å². The van der Waals surface area contributed by atoms with E-state index in [1.165, 1.54) is 18.5 Å². The van der Waals surface area contributed by atoms with Crippen molar-refractivity contribution in [1.29, 1.82) is 0 Å². The molecule has 1 aliphatic heterocycles. The SMILES string of the molecule is FC(F)Oc1ccc(C2C=C(c3ccccc3)Nc3ncnn32)cc1. The van der Waals surface area contributed by atoms with Crippen molar-refractivity contribution in [2.45, 2.75) is 12.7 Å². The number of rotatable bonds is 4. The van der Waals surface area contributed by atoms with Gasteiger partial charge in [0.15, 0.2) is 0 Å². The first-order chi connectivity index (χ1) is 12.2. The number of allylic oxidation sites excluding steroid dienone is 1. The van der Waals surface area contributed by atoms with Gasteiger partial charge in [0, 0.05) is 5.70 Å². The van der Waals surface area contributed by atoms with E-state index < -0.39 is 6.61 Å². The summed E-state index contributed by atoms with van der Waals surface area (Å²) in [5.74, 6) is 0.748. The molecule has 1 atom stereocenters. The van der Waals surface area contributed by atoms with Gasteiger partial charge in [-0.05, 0) is 29.3 Å². The second-order valence-corrected chi connectivity index (χ2v) is 5.49. The number of halogens is 2. The van der Waals surface area contributed by atoms with Crippen molar-refractivity contribution in [2.24, 2.45) is 0 Å². The molecule has 1 aliphatic rings. The zero-order valence-corrected chi connectivity index (χ0v) is 13.0. The average molecular weight is 340 g/mol. The Bertz CT molecular complexity index is 891. The Kier molecular flexibility index (Phi) is 3.89. The van der Waals surface area contributed by atoms with Gasteiger partial charge in [-0.1, -0.05) is 42.5 Å². The van der Waals surface area contributed by atoms with Crippen LogP contribution in [0.3, 0.4) is 0 Å². The number of aromatic nitrogens is 3. The van der Waals surface area contributed by atoms with Crippen molar-refractivity contribution in [3.63, 3.8) is 0 Å². The number of nitrogens with zero attached hydrogens (tertiary/aromatic N) is 3. The molecule has 2 aromatic carbocycles. The number of benzene rings is 2. The summed E-state index contributed by atoms with van der Waals surface area (Å²) >= 11 is 0.